The summed E-state index contributed by atoms with van der Waals surface area (Å²) in [5.74, 6) is -0.321. The first-order chi connectivity index (χ1) is 11.3. The molecule has 0 aliphatic rings. The first-order valence-electron chi connectivity index (χ1n) is 8.70. The van der Waals surface area contributed by atoms with Crippen molar-refractivity contribution < 1.29 is 14.7 Å². The fourth-order valence-electron chi connectivity index (χ4n) is 2.49. The van der Waals surface area contributed by atoms with E-state index in [-0.39, 0.29) is 17.9 Å². The van der Waals surface area contributed by atoms with Crippen LogP contribution in [0.15, 0.2) is 18.2 Å². The van der Waals surface area contributed by atoms with Crippen LogP contribution in [-0.2, 0) is 0 Å². The Morgan fingerprint density at radius 3 is 2.12 bits per heavy atom. The van der Waals surface area contributed by atoms with Gasteiger partial charge in [0.15, 0.2) is 0 Å². The van der Waals surface area contributed by atoms with Gasteiger partial charge in [0.2, 0.25) is 0 Å². The van der Waals surface area contributed by atoms with Crippen LogP contribution in [-0.4, -0.2) is 47.1 Å². The van der Waals surface area contributed by atoms with E-state index in [1.165, 1.54) is 0 Å². The maximum Gasteiger partial charge on any atom is 0.253 e. The molecule has 5 heteroatoms. The molecule has 5 nitrogen and oxygen atoms in total. The maximum absolute atomic E-state index is 12.7. The Morgan fingerprint density at radius 1 is 1.08 bits per heavy atom. The zero-order chi connectivity index (χ0) is 18.3. The van der Waals surface area contributed by atoms with Gasteiger partial charge in [-0.25, -0.2) is 0 Å². The number of carbonyl (C=O) groups is 2. The fourth-order valence-corrected chi connectivity index (χ4v) is 2.49. The second-order valence-corrected chi connectivity index (χ2v) is 6.38. The van der Waals surface area contributed by atoms with E-state index in [2.05, 4.69) is 5.32 Å². The molecule has 0 saturated heterocycles. The molecule has 0 aliphatic carbocycles. The molecule has 1 aromatic carbocycles. The number of aliphatic hydroxyl groups excluding tert-OH is 1. The Hall–Kier alpha value is -1.88. The first kappa shape index (κ1) is 20.2. The van der Waals surface area contributed by atoms with Gasteiger partial charge in [0.05, 0.1) is 12.1 Å². The van der Waals surface area contributed by atoms with Crippen LogP contribution in [0.3, 0.4) is 0 Å². The lowest BCUT2D eigenvalue weighted by Crippen LogP contribution is -2.39. The smallest absolute Gasteiger partial charge is 0.253 e. The summed E-state index contributed by atoms with van der Waals surface area (Å²) in [5, 5.41) is 12.3. The highest BCUT2D eigenvalue weighted by Crippen LogP contribution is 2.14. The molecule has 1 rings (SSSR count). The maximum atomic E-state index is 12.7. The van der Waals surface area contributed by atoms with Gasteiger partial charge in [0, 0.05) is 24.2 Å². The summed E-state index contributed by atoms with van der Waals surface area (Å²) < 4.78 is 0. The third-order valence-corrected chi connectivity index (χ3v) is 3.94. The van der Waals surface area contributed by atoms with E-state index in [1.807, 2.05) is 31.7 Å². The molecule has 0 spiro atoms. The highest BCUT2D eigenvalue weighted by molar-refractivity contribution is 6.00. The zero-order valence-corrected chi connectivity index (χ0v) is 15.4. The predicted molar refractivity (Wildman–Crippen MR) is 96.3 cm³/mol. The number of nitrogens with one attached hydrogen (secondary N) is 1. The van der Waals surface area contributed by atoms with Crippen molar-refractivity contribution >= 4 is 11.8 Å². The fraction of sp³-hybridized carbons (Fsp3) is 0.579. The molecular formula is C19H30N2O3. The summed E-state index contributed by atoms with van der Waals surface area (Å²) in [6.07, 6.45) is 1.16. The van der Waals surface area contributed by atoms with Gasteiger partial charge in [-0.15, -0.1) is 0 Å². The summed E-state index contributed by atoms with van der Waals surface area (Å²) in [7, 11) is 0. The van der Waals surface area contributed by atoms with Crippen molar-refractivity contribution in [2.75, 3.05) is 13.1 Å². The van der Waals surface area contributed by atoms with Crippen molar-refractivity contribution in [3.05, 3.63) is 34.9 Å². The predicted octanol–water partition coefficient (Wildman–Crippen LogP) is 2.76. The molecule has 2 amide bonds. The minimum absolute atomic E-state index is 0.0416. The SMILES string of the molecule is CCCN(CCC)C(=O)c1cc(C)cc(C(=O)NC(C)C(C)O)c1. The normalized spacial score (nSPS) is 13.2. The van der Waals surface area contributed by atoms with Crippen molar-refractivity contribution in [3.63, 3.8) is 0 Å². The number of hydrogen-bond acceptors (Lipinski definition) is 3. The van der Waals surface area contributed by atoms with Gasteiger partial charge in [-0.3, -0.25) is 9.59 Å². The largest absolute Gasteiger partial charge is 0.391 e. The van der Waals surface area contributed by atoms with Crippen LogP contribution in [0.4, 0.5) is 0 Å². The van der Waals surface area contributed by atoms with Gasteiger partial charge in [-0.1, -0.05) is 13.8 Å². The average Bonchev–Trinajstić information content (AvgIpc) is 2.53. The quantitative estimate of drug-likeness (QED) is 0.768. The minimum atomic E-state index is -0.635. The van der Waals surface area contributed by atoms with E-state index in [0.717, 1.165) is 18.4 Å². The number of nitrogens with zero attached hydrogens (tertiary/aromatic N) is 1. The molecular weight excluding hydrogens is 304 g/mol. The first-order valence-corrected chi connectivity index (χ1v) is 8.70. The second kappa shape index (κ2) is 9.42. The lowest BCUT2D eigenvalue weighted by Gasteiger charge is -2.22. The van der Waals surface area contributed by atoms with E-state index in [9.17, 15) is 14.7 Å². The Balaban J connectivity index is 3.04. The van der Waals surface area contributed by atoms with Gasteiger partial charge >= 0.3 is 0 Å². The number of benzene rings is 1. The molecule has 24 heavy (non-hydrogen) atoms. The van der Waals surface area contributed by atoms with Crippen LogP contribution in [0.25, 0.3) is 0 Å². The lowest BCUT2D eigenvalue weighted by atomic mass is 10.0. The standard InChI is InChI=1S/C19H30N2O3/c1-6-8-21(9-7-2)19(24)17-11-13(3)10-16(12-17)18(23)20-14(4)15(5)22/h10-12,14-15,22H,6-9H2,1-5H3,(H,20,23). The zero-order valence-electron chi connectivity index (χ0n) is 15.4. The van der Waals surface area contributed by atoms with E-state index in [4.69, 9.17) is 0 Å². The van der Waals surface area contributed by atoms with Crippen molar-refractivity contribution in [3.8, 4) is 0 Å². The Bertz CT molecular complexity index is 564. The van der Waals surface area contributed by atoms with E-state index >= 15 is 0 Å². The topological polar surface area (TPSA) is 69.6 Å². The summed E-state index contributed by atoms with van der Waals surface area (Å²) >= 11 is 0. The van der Waals surface area contributed by atoms with Gasteiger partial charge in [-0.05, 0) is 57.4 Å². The van der Waals surface area contributed by atoms with Gasteiger partial charge in [0.25, 0.3) is 11.8 Å². The highest BCUT2D eigenvalue weighted by Gasteiger charge is 2.18. The molecule has 0 aliphatic heterocycles. The second-order valence-electron chi connectivity index (χ2n) is 6.38. The van der Waals surface area contributed by atoms with Crippen LogP contribution in [0, 0.1) is 6.92 Å². The number of carbonyl (C=O) groups excluding carboxylic acids is 2. The summed E-state index contributed by atoms with van der Waals surface area (Å²) in [5.41, 5.74) is 1.84. The minimum Gasteiger partial charge on any atom is -0.391 e. The third kappa shape index (κ3) is 5.64. The Kier molecular flexibility index (Phi) is 7.92. The number of aliphatic hydroxyl groups is 1. The highest BCUT2D eigenvalue weighted by atomic mass is 16.3. The molecule has 0 fully saturated rings. The monoisotopic (exact) mass is 334 g/mol. The lowest BCUT2D eigenvalue weighted by molar-refractivity contribution is 0.0755. The number of rotatable bonds is 8. The molecule has 0 saturated carbocycles. The Labute approximate surface area is 145 Å². The van der Waals surface area contributed by atoms with Gasteiger partial charge < -0.3 is 15.3 Å². The third-order valence-electron chi connectivity index (χ3n) is 3.94. The van der Waals surface area contributed by atoms with Crippen LogP contribution in [0.5, 0.6) is 0 Å². The van der Waals surface area contributed by atoms with Gasteiger partial charge in [0.1, 0.15) is 0 Å². The van der Waals surface area contributed by atoms with Crippen LogP contribution in [0.1, 0.15) is 66.8 Å². The molecule has 2 N–H and O–H groups in total. The van der Waals surface area contributed by atoms with Crippen LogP contribution in [0.2, 0.25) is 0 Å². The van der Waals surface area contributed by atoms with Gasteiger partial charge in [-0.2, -0.15) is 0 Å². The average molecular weight is 334 g/mol. The molecule has 0 aromatic heterocycles. The summed E-state index contributed by atoms with van der Waals surface area (Å²) in [6, 6.07) is 4.85. The van der Waals surface area contributed by atoms with Crippen LogP contribution < -0.4 is 5.32 Å². The molecule has 1 aromatic rings. The number of aryl methyl sites for hydroxylation is 1. The Morgan fingerprint density at radius 2 is 1.62 bits per heavy atom. The molecule has 2 atom stereocenters. The van der Waals surface area contributed by atoms with Crippen molar-refractivity contribution in [1.82, 2.24) is 10.2 Å². The molecule has 0 heterocycles. The van der Waals surface area contributed by atoms with E-state index in [1.54, 1.807) is 26.0 Å². The van der Waals surface area contributed by atoms with E-state index in [0.29, 0.717) is 24.2 Å². The van der Waals surface area contributed by atoms with Crippen molar-refractivity contribution in [1.29, 1.82) is 0 Å². The number of amides is 2. The molecule has 0 radical (unpaired) electrons. The number of hydrogen-bond donors (Lipinski definition) is 2. The molecule has 2 unspecified atom stereocenters. The summed E-state index contributed by atoms with van der Waals surface area (Å²) in [6.45, 7) is 10.8. The van der Waals surface area contributed by atoms with Crippen LogP contribution >= 0.6 is 0 Å². The molecule has 0 bridgehead atoms. The molecule has 134 valence electrons. The van der Waals surface area contributed by atoms with E-state index < -0.39 is 6.10 Å². The van der Waals surface area contributed by atoms with Crippen molar-refractivity contribution in [2.45, 2.75) is 59.6 Å². The summed E-state index contributed by atoms with van der Waals surface area (Å²) in [4.78, 5) is 26.9. The van der Waals surface area contributed by atoms with Crippen molar-refractivity contribution in [2.24, 2.45) is 0 Å².